The SMILES string of the molecule is O=C([O-])C(=O)OC(O)(COCC1CNCCO1)c1ccccc1. The maximum Gasteiger partial charge on any atom is 0.356 e. The third kappa shape index (κ3) is 5.00. The van der Waals surface area contributed by atoms with E-state index in [1.165, 1.54) is 12.1 Å². The first-order chi connectivity index (χ1) is 11.0. The van der Waals surface area contributed by atoms with Gasteiger partial charge in [-0.05, 0) is 0 Å². The molecule has 2 rings (SSSR count). The van der Waals surface area contributed by atoms with Crippen LogP contribution in [0.1, 0.15) is 5.56 Å². The van der Waals surface area contributed by atoms with Gasteiger partial charge in [0.1, 0.15) is 6.61 Å². The van der Waals surface area contributed by atoms with E-state index < -0.39 is 24.3 Å². The maximum absolute atomic E-state index is 11.3. The van der Waals surface area contributed by atoms with E-state index in [9.17, 15) is 19.8 Å². The second kappa shape index (κ2) is 8.02. The van der Waals surface area contributed by atoms with Crippen LogP contribution in [0.15, 0.2) is 30.3 Å². The minimum absolute atomic E-state index is 0.158. The van der Waals surface area contributed by atoms with Crippen molar-refractivity contribution < 1.29 is 34.0 Å². The van der Waals surface area contributed by atoms with E-state index in [2.05, 4.69) is 10.1 Å². The number of aliphatic carboxylic acids is 1. The molecule has 0 amide bonds. The van der Waals surface area contributed by atoms with Crippen molar-refractivity contribution in [3.63, 3.8) is 0 Å². The van der Waals surface area contributed by atoms with Crippen molar-refractivity contribution in [2.24, 2.45) is 0 Å². The number of carbonyl (C=O) groups excluding carboxylic acids is 2. The van der Waals surface area contributed by atoms with E-state index in [0.717, 1.165) is 6.54 Å². The number of aliphatic hydroxyl groups is 1. The highest BCUT2D eigenvalue weighted by atomic mass is 16.7. The van der Waals surface area contributed by atoms with Gasteiger partial charge >= 0.3 is 5.97 Å². The van der Waals surface area contributed by atoms with E-state index in [1.54, 1.807) is 18.2 Å². The standard InChI is InChI=1S/C15H19NO7/c17-13(18)14(19)23-15(20,11-4-2-1-3-5-11)10-21-9-12-8-16-6-7-22-12/h1-5,12,16,20H,6-10H2,(H,17,18)/p-1. The molecule has 2 atom stereocenters. The Balaban J connectivity index is 2.01. The zero-order chi connectivity index (χ0) is 16.7. The Morgan fingerprint density at radius 1 is 1.39 bits per heavy atom. The van der Waals surface area contributed by atoms with Gasteiger partial charge in [-0.1, -0.05) is 30.3 Å². The average Bonchev–Trinajstić information content (AvgIpc) is 2.56. The van der Waals surface area contributed by atoms with Crippen LogP contribution >= 0.6 is 0 Å². The number of esters is 1. The molecule has 1 aliphatic rings. The summed E-state index contributed by atoms with van der Waals surface area (Å²) in [5, 5.41) is 24.2. The van der Waals surface area contributed by atoms with Gasteiger partial charge in [-0.15, -0.1) is 0 Å². The molecule has 1 aromatic rings. The quantitative estimate of drug-likeness (QED) is 0.355. The Hall–Kier alpha value is -2.00. The number of carbonyl (C=O) groups is 2. The molecule has 1 fully saturated rings. The van der Waals surface area contributed by atoms with Gasteiger partial charge < -0.3 is 34.5 Å². The maximum atomic E-state index is 11.3. The molecule has 8 heteroatoms. The minimum Gasteiger partial charge on any atom is -0.539 e. The zero-order valence-corrected chi connectivity index (χ0v) is 12.4. The molecule has 2 unspecified atom stereocenters. The van der Waals surface area contributed by atoms with E-state index in [-0.39, 0.29) is 18.3 Å². The van der Waals surface area contributed by atoms with Gasteiger partial charge in [0.25, 0.3) is 5.79 Å². The lowest BCUT2D eigenvalue weighted by Gasteiger charge is -2.29. The number of morpholine rings is 1. The molecule has 0 aromatic heterocycles. The topological polar surface area (TPSA) is 117 Å². The van der Waals surface area contributed by atoms with Crippen LogP contribution in [0.4, 0.5) is 0 Å². The van der Waals surface area contributed by atoms with E-state index >= 15 is 0 Å². The number of rotatable bonds is 6. The van der Waals surface area contributed by atoms with Crippen LogP contribution in [0.2, 0.25) is 0 Å². The first-order valence-electron chi connectivity index (χ1n) is 7.13. The highest BCUT2D eigenvalue weighted by Crippen LogP contribution is 2.23. The summed E-state index contributed by atoms with van der Waals surface area (Å²) in [7, 11) is 0. The fourth-order valence-electron chi connectivity index (χ4n) is 2.12. The number of carboxylic acid groups (broad SMARTS) is 1. The number of nitrogens with one attached hydrogen (secondary N) is 1. The Kier molecular flexibility index (Phi) is 6.05. The van der Waals surface area contributed by atoms with Gasteiger partial charge in [0.15, 0.2) is 5.97 Å². The molecule has 0 bridgehead atoms. The highest BCUT2D eigenvalue weighted by Gasteiger charge is 2.35. The molecule has 0 spiro atoms. The van der Waals surface area contributed by atoms with Crippen LogP contribution in [0, 0.1) is 0 Å². The smallest absolute Gasteiger partial charge is 0.356 e. The first-order valence-corrected chi connectivity index (χ1v) is 7.13. The van der Waals surface area contributed by atoms with Gasteiger partial charge in [0, 0.05) is 18.7 Å². The molecule has 0 saturated carbocycles. The second-order valence-corrected chi connectivity index (χ2v) is 5.04. The number of hydrogen-bond donors (Lipinski definition) is 2. The lowest BCUT2D eigenvalue weighted by Crippen LogP contribution is -2.45. The first kappa shape index (κ1) is 17.4. The van der Waals surface area contributed by atoms with E-state index in [4.69, 9.17) is 9.47 Å². The second-order valence-electron chi connectivity index (χ2n) is 5.04. The Bertz CT molecular complexity index is 530. The van der Waals surface area contributed by atoms with Crippen LogP contribution < -0.4 is 10.4 Å². The molecular weight excluding hydrogens is 306 g/mol. The third-order valence-corrected chi connectivity index (χ3v) is 3.26. The molecule has 1 heterocycles. The normalized spacial score (nSPS) is 20.5. The van der Waals surface area contributed by atoms with Crippen molar-refractivity contribution in [3.05, 3.63) is 35.9 Å². The predicted octanol–water partition coefficient (Wildman–Crippen LogP) is -1.87. The van der Waals surface area contributed by atoms with Crippen molar-refractivity contribution in [2.75, 3.05) is 32.9 Å². The van der Waals surface area contributed by atoms with Crippen molar-refractivity contribution in [2.45, 2.75) is 11.9 Å². The van der Waals surface area contributed by atoms with Gasteiger partial charge in [-0.2, -0.15) is 0 Å². The van der Waals surface area contributed by atoms with E-state index in [0.29, 0.717) is 13.2 Å². The summed E-state index contributed by atoms with van der Waals surface area (Å²) >= 11 is 0. The molecule has 2 N–H and O–H groups in total. The summed E-state index contributed by atoms with van der Waals surface area (Å²) in [5.74, 6) is -5.93. The summed E-state index contributed by atoms with van der Waals surface area (Å²) in [4.78, 5) is 21.8. The monoisotopic (exact) mass is 324 g/mol. The summed E-state index contributed by atoms with van der Waals surface area (Å²) < 4.78 is 15.5. The highest BCUT2D eigenvalue weighted by molar-refractivity contribution is 6.27. The lowest BCUT2D eigenvalue weighted by molar-refractivity contribution is -0.311. The molecule has 8 nitrogen and oxygen atoms in total. The molecule has 126 valence electrons. The van der Waals surface area contributed by atoms with Gasteiger partial charge in [-0.3, -0.25) is 0 Å². The van der Waals surface area contributed by atoms with Gasteiger partial charge in [-0.25, -0.2) is 4.79 Å². The number of carboxylic acids is 1. The molecule has 0 radical (unpaired) electrons. The number of ether oxygens (including phenoxy) is 3. The fraction of sp³-hybridized carbons (Fsp3) is 0.467. The summed E-state index contributed by atoms with van der Waals surface area (Å²) in [6.07, 6.45) is -0.194. The van der Waals surface area contributed by atoms with Crippen LogP contribution in [-0.2, 0) is 29.6 Å². The van der Waals surface area contributed by atoms with Crippen molar-refractivity contribution >= 4 is 11.9 Å². The van der Waals surface area contributed by atoms with E-state index in [1.807, 2.05) is 0 Å². The summed E-state index contributed by atoms with van der Waals surface area (Å²) in [6.45, 7) is 1.63. The molecule has 1 aromatic carbocycles. The van der Waals surface area contributed by atoms with Crippen molar-refractivity contribution in [1.82, 2.24) is 5.32 Å². The Morgan fingerprint density at radius 2 is 2.13 bits per heavy atom. The third-order valence-electron chi connectivity index (χ3n) is 3.26. The molecule has 0 aliphatic carbocycles. The molecule has 1 saturated heterocycles. The minimum atomic E-state index is -2.22. The number of benzene rings is 1. The average molecular weight is 324 g/mol. The van der Waals surface area contributed by atoms with Crippen LogP contribution in [0.5, 0.6) is 0 Å². The molecule has 23 heavy (non-hydrogen) atoms. The van der Waals surface area contributed by atoms with Crippen molar-refractivity contribution in [1.29, 1.82) is 0 Å². The van der Waals surface area contributed by atoms with Crippen LogP contribution in [0.3, 0.4) is 0 Å². The Morgan fingerprint density at radius 3 is 2.74 bits per heavy atom. The molecule has 1 aliphatic heterocycles. The summed E-state index contributed by atoms with van der Waals surface area (Å²) in [5.41, 5.74) is 0.192. The van der Waals surface area contributed by atoms with Gasteiger partial charge in [0.2, 0.25) is 0 Å². The predicted molar refractivity (Wildman–Crippen MR) is 74.9 cm³/mol. The largest absolute Gasteiger partial charge is 0.539 e. The lowest BCUT2D eigenvalue weighted by atomic mass is 10.1. The van der Waals surface area contributed by atoms with Crippen LogP contribution in [-0.4, -0.2) is 56.1 Å². The van der Waals surface area contributed by atoms with Gasteiger partial charge in [0.05, 0.1) is 19.3 Å². The Labute approximate surface area is 133 Å². The van der Waals surface area contributed by atoms with Crippen LogP contribution in [0.25, 0.3) is 0 Å². The number of hydrogen-bond acceptors (Lipinski definition) is 8. The van der Waals surface area contributed by atoms with Crippen molar-refractivity contribution in [3.8, 4) is 0 Å². The zero-order valence-electron chi connectivity index (χ0n) is 12.4. The fourth-order valence-corrected chi connectivity index (χ4v) is 2.12. The summed E-state index contributed by atoms with van der Waals surface area (Å²) in [6, 6.07) is 7.91. The molecular formula is C15H18NO7-.